The van der Waals surface area contributed by atoms with E-state index in [2.05, 4.69) is 0 Å². The molecule has 2 nitrogen and oxygen atoms in total. The average molecular weight is 200 g/mol. The van der Waals surface area contributed by atoms with E-state index in [0.29, 0.717) is 0 Å². The topological polar surface area (TPSA) is 49.8 Å². The van der Waals surface area contributed by atoms with Crippen molar-refractivity contribution in [1.82, 2.24) is 0 Å². The Labute approximate surface area is 78.8 Å². The molecule has 0 saturated carbocycles. The Morgan fingerprint density at radius 1 is 1.36 bits per heavy atom. The molecule has 0 atom stereocenters. The standard InChI is InChI=1S/C9H7F3N2/c1-5-2-6(4-13)8(14)3-7(5)9(10,11)12/h2-3H,14H2,1H3. The van der Waals surface area contributed by atoms with E-state index in [1.54, 1.807) is 6.07 Å². The molecule has 0 aromatic heterocycles. The molecule has 14 heavy (non-hydrogen) atoms. The molecule has 0 heterocycles. The lowest BCUT2D eigenvalue weighted by molar-refractivity contribution is -0.138. The Morgan fingerprint density at radius 2 is 1.93 bits per heavy atom. The van der Waals surface area contributed by atoms with Gasteiger partial charge in [-0.05, 0) is 24.6 Å². The van der Waals surface area contributed by atoms with Crippen LogP contribution < -0.4 is 5.73 Å². The molecule has 0 unspecified atom stereocenters. The van der Waals surface area contributed by atoms with E-state index < -0.39 is 11.7 Å². The van der Waals surface area contributed by atoms with Crippen molar-refractivity contribution >= 4 is 5.69 Å². The lowest BCUT2D eigenvalue weighted by Gasteiger charge is -2.11. The number of aryl methyl sites for hydroxylation is 1. The number of benzene rings is 1. The van der Waals surface area contributed by atoms with Crippen LogP contribution in [0, 0.1) is 18.3 Å². The molecule has 74 valence electrons. The molecule has 0 aliphatic rings. The van der Waals surface area contributed by atoms with Gasteiger partial charge in [-0.15, -0.1) is 0 Å². The Hall–Kier alpha value is -1.70. The first-order valence-electron chi connectivity index (χ1n) is 3.73. The molecule has 0 fully saturated rings. The first-order valence-corrected chi connectivity index (χ1v) is 3.73. The molecular weight excluding hydrogens is 193 g/mol. The van der Waals surface area contributed by atoms with E-state index in [9.17, 15) is 13.2 Å². The number of hydrogen-bond acceptors (Lipinski definition) is 2. The van der Waals surface area contributed by atoms with E-state index in [1.165, 1.54) is 6.92 Å². The van der Waals surface area contributed by atoms with Gasteiger partial charge >= 0.3 is 6.18 Å². The van der Waals surface area contributed by atoms with Crippen molar-refractivity contribution in [1.29, 1.82) is 5.26 Å². The van der Waals surface area contributed by atoms with Crippen LogP contribution in [-0.4, -0.2) is 0 Å². The number of alkyl halides is 3. The Bertz CT molecular complexity index is 402. The van der Waals surface area contributed by atoms with Crippen LogP contribution in [0.1, 0.15) is 16.7 Å². The second-order valence-corrected chi connectivity index (χ2v) is 2.86. The minimum Gasteiger partial charge on any atom is -0.398 e. The van der Waals surface area contributed by atoms with E-state index in [0.717, 1.165) is 12.1 Å². The number of rotatable bonds is 0. The van der Waals surface area contributed by atoms with Crippen molar-refractivity contribution in [3.63, 3.8) is 0 Å². The SMILES string of the molecule is Cc1cc(C#N)c(N)cc1C(F)(F)F. The zero-order chi connectivity index (χ0) is 10.9. The molecule has 0 bridgehead atoms. The van der Waals surface area contributed by atoms with Crippen LogP contribution in [0.3, 0.4) is 0 Å². The zero-order valence-electron chi connectivity index (χ0n) is 7.31. The van der Waals surface area contributed by atoms with Gasteiger partial charge in [0.1, 0.15) is 6.07 Å². The van der Waals surface area contributed by atoms with Crippen LogP contribution in [0.2, 0.25) is 0 Å². The fourth-order valence-electron chi connectivity index (χ4n) is 1.13. The van der Waals surface area contributed by atoms with Gasteiger partial charge in [-0.1, -0.05) is 0 Å². The Balaban J connectivity index is 3.38. The summed E-state index contributed by atoms with van der Waals surface area (Å²) in [5.41, 5.74) is 4.40. The number of halogens is 3. The highest BCUT2D eigenvalue weighted by Crippen LogP contribution is 2.33. The second kappa shape index (κ2) is 3.22. The third-order valence-corrected chi connectivity index (χ3v) is 1.82. The highest BCUT2D eigenvalue weighted by molar-refractivity contribution is 5.58. The highest BCUT2D eigenvalue weighted by atomic mass is 19.4. The fourth-order valence-corrected chi connectivity index (χ4v) is 1.13. The third-order valence-electron chi connectivity index (χ3n) is 1.82. The van der Waals surface area contributed by atoms with E-state index in [4.69, 9.17) is 11.0 Å². The summed E-state index contributed by atoms with van der Waals surface area (Å²) in [5, 5.41) is 8.53. The lowest BCUT2D eigenvalue weighted by atomic mass is 10.0. The predicted octanol–water partition coefficient (Wildman–Crippen LogP) is 2.47. The Morgan fingerprint density at radius 3 is 2.36 bits per heavy atom. The summed E-state index contributed by atoms with van der Waals surface area (Å²) in [5.74, 6) is 0. The summed E-state index contributed by atoms with van der Waals surface area (Å²) in [4.78, 5) is 0. The minimum absolute atomic E-state index is 0.00301. The number of nitrogens with zero attached hydrogens (tertiary/aromatic N) is 1. The fraction of sp³-hybridized carbons (Fsp3) is 0.222. The van der Waals surface area contributed by atoms with Crippen LogP contribution in [0.15, 0.2) is 12.1 Å². The van der Waals surface area contributed by atoms with Crippen LogP contribution in [0.25, 0.3) is 0 Å². The lowest BCUT2D eigenvalue weighted by Crippen LogP contribution is -2.09. The summed E-state index contributed by atoms with van der Waals surface area (Å²) >= 11 is 0. The molecule has 2 N–H and O–H groups in total. The highest BCUT2D eigenvalue weighted by Gasteiger charge is 2.32. The minimum atomic E-state index is -4.42. The number of hydrogen-bond donors (Lipinski definition) is 1. The molecule has 1 aromatic carbocycles. The normalized spacial score (nSPS) is 11.1. The van der Waals surface area contributed by atoms with Gasteiger partial charge in [-0.3, -0.25) is 0 Å². The summed E-state index contributed by atoms with van der Waals surface area (Å²) in [6, 6.07) is 3.65. The van der Waals surface area contributed by atoms with E-state index in [-0.39, 0.29) is 16.8 Å². The van der Waals surface area contributed by atoms with Crippen molar-refractivity contribution in [3.8, 4) is 6.07 Å². The molecule has 0 aliphatic carbocycles. The first-order chi connectivity index (χ1) is 6.36. The van der Waals surface area contributed by atoms with Gasteiger partial charge in [0.2, 0.25) is 0 Å². The maximum atomic E-state index is 12.3. The molecule has 1 rings (SSSR count). The molecule has 1 aromatic rings. The molecule has 5 heteroatoms. The van der Waals surface area contributed by atoms with Gasteiger partial charge in [0.25, 0.3) is 0 Å². The summed E-state index contributed by atoms with van der Waals surface area (Å²) in [7, 11) is 0. The summed E-state index contributed by atoms with van der Waals surface area (Å²) in [6.07, 6.45) is -4.42. The van der Waals surface area contributed by atoms with Gasteiger partial charge in [-0.25, -0.2) is 0 Å². The van der Waals surface area contributed by atoms with Crippen molar-refractivity contribution in [2.45, 2.75) is 13.1 Å². The van der Waals surface area contributed by atoms with Gasteiger partial charge in [0.15, 0.2) is 0 Å². The smallest absolute Gasteiger partial charge is 0.398 e. The maximum absolute atomic E-state index is 12.3. The molecule has 0 aliphatic heterocycles. The number of anilines is 1. The largest absolute Gasteiger partial charge is 0.416 e. The van der Waals surface area contributed by atoms with E-state index >= 15 is 0 Å². The molecule has 0 spiro atoms. The van der Waals surface area contributed by atoms with Crippen molar-refractivity contribution in [3.05, 3.63) is 28.8 Å². The predicted molar refractivity (Wildman–Crippen MR) is 45.3 cm³/mol. The molecular formula is C9H7F3N2. The molecule has 0 amide bonds. The van der Waals surface area contributed by atoms with Crippen molar-refractivity contribution < 1.29 is 13.2 Å². The number of nitrogens with two attached hydrogens (primary N) is 1. The van der Waals surface area contributed by atoms with Gasteiger partial charge in [-0.2, -0.15) is 18.4 Å². The first kappa shape index (κ1) is 10.4. The Kier molecular flexibility index (Phi) is 2.39. The number of nitriles is 1. The monoisotopic (exact) mass is 200 g/mol. The average Bonchev–Trinajstić information content (AvgIpc) is 2.06. The quantitative estimate of drug-likeness (QED) is 0.654. The van der Waals surface area contributed by atoms with Gasteiger partial charge in [0, 0.05) is 0 Å². The van der Waals surface area contributed by atoms with Crippen LogP contribution >= 0.6 is 0 Å². The van der Waals surface area contributed by atoms with Gasteiger partial charge in [0.05, 0.1) is 16.8 Å². The van der Waals surface area contributed by atoms with Crippen LogP contribution in [0.4, 0.5) is 18.9 Å². The third kappa shape index (κ3) is 1.79. The maximum Gasteiger partial charge on any atom is 0.416 e. The van der Waals surface area contributed by atoms with Crippen molar-refractivity contribution in [2.75, 3.05) is 5.73 Å². The van der Waals surface area contributed by atoms with E-state index in [1.807, 2.05) is 0 Å². The van der Waals surface area contributed by atoms with Crippen LogP contribution in [0.5, 0.6) is 0 Å². The summed E-state index contributed by atoms with van der Waals surface area (Å²) in [6.45, 7) is 1.29. The van der Waals surface area contributed by atoms with Gasteiger partial charge < -0.3 is 5.73 Å². The second-order valence-electron chi connectivity index (χ2n) is 2.86. The zero-order valence-corrected chi connectivity index (χ0v) is 7.31. The molecule has 0 radical (unpaired) electrons. The molecule has 0 saturated heterocycles. The summed E-state index contributed by atoms with van der Waals surface area (Å²) < 4.78 is 37.0. The number of nitrogen functional groups attached to an aromatic ring is 1. The van der Waals surface area contributed by atoms with Crippen molar-refractivity contribution in [2.24, 2.45) is 0 Å². The van der Waals surface area contributed by atoms with Crippen LogP contribution in [-0.2, 0) is 6.18 Å².